The van der Waals surface area contributed by atoms with Crippen molar-refractivity contribution in [1.82, 2.24) is 4.90 Å². The number of rotatable bonds is 34. The van der Waals surface area contributed by atoms with Gasteiger partial charge in [-0.1, -0.05) is 158 Å². The minimum absolute atomic E-state index is 0. The zero-order chi connectivity index (χ0) is 34.0. The van der Waals surface area contributed by atoms with Crippen LogP contribution in [0, 0.1) is 11.8 Å². The van der Waals surface area contributed by atoms with Crippen molar-refractivity contribution in [3.05, 3.63) is 60.2 Å². The second-order valence-electron chi connectivity index (χ2n) is 14.8. The molecule has 0 amide bonds. The van der Waals surface area contributed by atoms with Crippen molar-refractivity contribution in [2.24, 2.45) is 11.8 Å². The van der Waals surface area contributed by atoms with E-state index in [0.717, 1.165) is 46.1 Å². The number of benzene rings is 1. The molecule has 1 aliphatic rings. The summed E-state index contributed by atoms with van der Waals surface area (Å²) in [5.74, 6) is 1.16. The fourth-order valence-electron chi connectivity index (χ4n) is 7.05. The molecule has 0 spiro atoms. The van der Waals surface area contributed by atoms with Crippen LogP contribution >= 0.6 is 0 Å². The molecule has 2 atom stereocenters. The number of hydrogen-bond donors (Lipinski definition) is 0. The van der Waals surface area contributed by atoms with Crippen LogP contribution in [0.1, 0.15) is 175 Å². The van der Waals surface area contributed by atoms with Crippen LogP contribution < -0.4 is 29.6 Å². The first-order chi connectivity index (χ1) is 23.8. The van der Waals surface area contributed by atoms with Gasteiger partial charge in [0.1, 0.15) is 0 Å². The van der Waals surface area contributed by atoms with Gasteiger partial charge in [0.25, 0.3) is 0 Å². The Balaban J connectivity index is 0.0000120. The average Bonchev–Trinajstić information content (AvgIpc) is 3.48. The molecule has 0 aliphatic carbocycles. The van der Waals surface area contributed by atoms with Gasteiger partial charge < -0.3 is 10.9 Å². The summed E-state index contributed by atoms with van der Waals surface area (Å²) in [6.07, 6.45) is 41.6. The van der Waals surface area contributed by atoms with Crippen molar-refractivity contribution < 1.29 is 40.5 Å². The van der Waals surface area contributed by atoms with E-state index >= 15 is 0 Å². The molecule has 4 heteroatoms. The summed E-state index contributed by atoms with van der Waals surface area (Å²) in [5.41, 5.74) is 1.41. The molecule has 1 aliphatic heterocycles. The minimum atomic E-state index is 0. The maximum absolute atomic E-state index is 6.29. The Bertz CT molecular complexity index is 816. The fourth-order valence-corrected chi connectivity index (χ4v) is 7.05. The summed E-state index contributed by atoms with van der Waals surface area (Å²) in [5, 5.41) is 0. The normalized spacial score (nSPS) is 16.7. The Hall–Kier alpha value is -0.420. The molecule has 1 aromatic carbocycles. The smallest absolute Gasteiger partial charge is 1.00 e. The standard InChI is InChI=1S/C45H79NO2.Na.H/c1-3-5-7-9-11-13-15-17-19-21-23-25-27-32-36-47-41-44-39-46(38-43-34-30-29-31-35-43)40-45(44)42-48-37-33-28-26-24-22-20-18-16-14-12-10-8-6-4-2;;/h13-16,29-31,34-35,44-45H,3-12,17-28,32-33,36-42H2,1-2H3;;/q;+1;-1/b15-13-,16-14-;;/t44-,45-;;/m0../s1. The summed E-state index contributed by atoms with van der Waals surface area (Å²) >= 11 is 0. The van der Waals surface area contributed by atoms with Crippen molar-refractivity contribution in [2.45, 2.75) is 174 Å². The van der Waals surface area contributed by atoms with Crippen LogP contribution in [0.4, 0.5) is 0 Å². The van der Waals surface area contributed by atoms with Gasteiger partial charge in [-0.05, 0) is 69.8 Å². The zero-order valence-electron chi connectivity index (χ0n) is 34.0. The maximum atomic E-state index is 6.29. The molecular weight excluding hydrogens is 609 g/mol. The Morgan fingerprint density at radius 1 is 0.531 bits per heavy atom. The summed E-state index contributed by atoms with van der Waals surface area (Å²) < 4.78 is 12.6. The van der Waals surface area contributed by atoms with Gasteiger partial charge in [0.2, 0.25) is 0 Å². The zero-order valence-corrected chi connectivity index (χ0v) is 35.0. The van der Waals surface area contributed by atoms with Crippen molar-refractivity contribution in [2.75, 3.05) is 39.5 Å². The Kier molecular flexibility index (Phi) is 34.2. The van der Waals surface area contributed by atoms with Gasteiger partial charge in [0.05, 0.1) is 13.2 Å². The molecule has 0 saturated carbocycles. The van der Waals surface area contributed by atoms with Gasteiger partial charge in [-0.3, -0.25) is 4.90 Å². The molecule has 0 radical (unpaired) electrons. The molecule has 49 heavy (non-hydrogen) atoms. The molecule has 0 N–H and O–H groups in total. The molecule has 0 bridgehead atoms. The predicted octanol–water partition coefficient (Wildman–Crippen LogP) is 10.4. The van der Waals surface area contributed by atoms with E-state index in [1.54, 1.807) is 0 Å². The van der Waals surface area contributed by atoms with Gasteiger partial charge in [0, 0.05) is 44.7 Å². The van der Waals surface area contributed by atoms with Crippen molar-refractivity contribution >= 4 is 0 Å². The van der Waals surface area contributed by atoms with Gasteiger partial charge >= 0.3 is 29.6 Å². The Morgan fingerprint density at radius 2 is 0.898 bits per heavy atom. The molecule has 2 rings (SSSR count). The molecule has 1 fully saturated rings. The van der Waals surface area contributed by atoms with Crippen LogP contribution in [0.2, 0.25) is 0 Å². The largest absolute Gasteiger partial charge is 1.00 e. The second-order valence-corrected chi connectivity index (χ2v) is 14.8. The van der Waals surface area contributed by atoms with E-state index in [4.69, 9.17) is 9.47 Å². The van der Waals surface area contributed by atoms with Gasteiger partial charge in [-0.2, -0.15) is 0 Å². The molecule has 278 valence electrons. The van der Waals surface area contributed by atoms with E-state index in [2.05, 4.69) is 73.4 Å². The number of nitrogens with zero attached hydrogens (tertiary/aromatic N) is 1. The summed E-state index contributed by atoms with van der Waals surface area (Å²) in [6, 6.07) is 11.0. The minimum Gasteiger partial charge on any atom is -1.00 e. The van der Waals surface area contributed by atoms with Crippen LogP contribution in [-0.2, 0) is 16.0 Å². The van der Waals surface area contributed by atoms with E-state index in [0.29, 0.717) is 11.8 Å². The van der Waals surface area contributed by atoms with Gasteiger partial charge in [-0.25, -0.2) is 0 Å². The molecule has 0 aromatic heterocycles. The number of hydrogen-bond acceptors (Lipinski definition) is 3. The van der Waals surface area contributed by atoms with Crippen molar-refractivity contribution in [3.63, 3.8) is 0 Å². The Labute approximate surface area is 329 Å². The predicted molar refractivity (Wildman–Crippen MR) is 212 cm³/mol. The topological polar surface area (TPSA) is 21.7 Å². The molecule has 1 saturated heterocycles. The van der Waals surface area contributed by atoms with Gasteiger partial charge in [-0.15, -0.1) is 0 Å². The van der Waals surface area contributed by atoms with E-state index in [1.165, 1.54) is 160 Å². The molecule has 0 unspecified atom stereocenters. The van der Waals surface area contributed by atoms with Gasteiger partial charge in [0.15, 0.2) is 0 Å². The first-order valence-corrected chi connectivity index (χ1v) is 21.0. The van der Waals surface area contributed by atoms with Crippen LogP contribution in [0.15, 0.2) is 54.6 Å². The van der Waals surface area contributed by atoms with Crippen LogP contribution in [0.25, 0.3) is 0 Å². The number of unbranched alkanes of at least 4 members (excludes halogenated alkanes) is 20. The Morgan fingerprint density at radius 3 is 1.31 bits per heavy atom. The number of likely N-dealkylation sites (tertiary alicyclic amines) is 1. The third-order valence-electron chi connectivity index (χ3n) is 10.2. The van der Waals surface area contributed by atoms with Crippen LogP contribution in [-0.4, -0.2) is 44.4 Å². The third kappa shape index (κ3) is 27.8. The molecular formula is C45H80NNaO2. The number of ether oxygens (including phenoxy) is 2. The third-order valence-corrected chi connectivity index (χ3v) is 10.2. The first-order valence-electron chi connectivity index (χ1n) is 21.0. The maximum Gasteiger partial charge on any atom is 1.00 e. The number of allylic oxidation sites excluding steroid dienone is 4. The second kappa shape index (κ2) is 36.0. The first kappa shape index (κ1) is 46.6. The molecule has 3 nitrogen and oxygen atoms in total. The van der Waals surface area contributed by atoms with E-state index < -0.39 is 0 Å². The van der Waals surface area contributed by atoms with Crippen LogP contribution in [0.3, 0.4) is 0 Å². The average molecular weight is 690 g/mol. The van der Waals surface area contributed by atoms with Crippen molar-refractivity contribution in [1.29, 1.82) is 0 Å². The molecule has 1 heterocycles. The summed E-state index contributed by atoms with van der Waals surface area (Å²) in [4.78, 5) is 2.63. The van der Waals surface area contributed by atoms with Crippen LogP contribution in [0.5, 0.6) is 0 Å². The molecule has 1 aromatic rings. The fraction of sp³-hybridized carbons (Fsp3) is 0.778. The monoisotopic (exact) mass is 690 g/mol. The summed E-state index contributed by atoms with van der Waals surface area (Å²) in [6.45, 7) is 11.5. The van der Waals surface area contributed by atoms with E-state index in [1.807, 2.05) is 0 Å². The van der Waals surface area contributed by atoms with E-state index in [-0.39, 0.29) is 31.0 Å². The summed E-state index contributed by atoms with van der Waals surface area (Å²) in [7, 11) is 0. The van der Waals surface area contributed by atoms with E-state index in [9.17, 15) is 0 Å². The quantitative estimate of drug-likeness (QED) is 0.0408. The SMILES string of the molecule is CCCCCC/C=C\CCCCCCCCOC[C@@H]1CN(Cc2ccccc2)C[C@H]1COCCCCCCCC/C=C\CCCCCC.[H-].[Na+]. The van der Waals surface area contributed by atoms with Crippen molar-refractivity contribution in [3.8, 4) is 0 Å².